The first kappa shape index (κ1) is 9.89. The van der Waals surface area contributed by atoms with E-state index in [1.807, 2.05) is 6.92 Å². The van der Waals surface area contributed by atoms with E-state index in [1.165, 1.54) is 6.07 Å². The van der Waals surface area contributed by atoms with Crippen LogP contribution in [-0.4, -0.2) is 16.0 Å². The molecule has 0 saturated heterocycles. The lowest BCUT2D eigenvalue weighted by molar-refractivity contribution is -0.389. The predicted octanol–water partition coefficient (Wildman–Crippen LogP) is 2.09. The monoisotopic (exact) mass is 208 g/mol. The number of rotatable bonds is 4. The molecule has 1 aromatic rings. The van der Waals surface area contributed by atoms with Gasteiger partial charge in [0.25, 0.3) is 0 Å². The molecule has 5 heteroatoms. The Morgan fingerprint density at radius 2 is 2.33 bits per heavy atom. The fourth-order valence-electron chi connectivity index (χ4n) is 1.27. The van der Waals surface area contributed by atoms with Crippen molar-refractivity contribution >= 4 is 5.82 Å². The maximum Gasteiger partial charge on any atom is 0.367 e. The van der Waals surface area contributed by atoms with Crippen molar-refractivity contribution in [2.24, 2.45) is 0 Å². The Balaban J connectivity index is 2.27. The largest absolute Gasteiger partial charge is 0.490 e. The van der Waals surface area contributed by atoms with Crippen LogP contribution in [0.25, 0.3) is 0 Å². The molecule has 1 heterocycles. The van der Waals surface area contributed by atoms with Gasteiger partial charge < -0.3 is 14.9 Å². The maximum absolute atomic E-state index is 10.6. The summed E-state index contributed by atoms with van der Waals surface area (Å²) in [6.45, 7) is 1.91. The molecule has 2 rings (SSSR count). The van der Waals surface area contributed by atoms with Crippen LogP contribution in [0.2, 0.25) is 0 Å². The Morgan fingerprint density at radius 1 is 1.60 bits per heavy atom. The molecule has 0 amide bonds. The molecule has 0 atom stereocenters. The van der Waals surface area contributed by atoms with Crippen molar-refractivity contribution in [1.29, 1.82) is 0 Å². The van der Waals surface area contributed by atoms with E-state index in [0.29, 0.717) is 17.9 Å². The van der Waals surface area contributed by atoms with Gasteiger partial charge in [-0.25, -0.2) is 0 Å². The molecule has 0 radical (unpaired) electrons. The highest BCUT2D eigenvalue weighted by molar-refractivity contribution is 5.34. The molecule has 1 saturated carbocycles. The smallest absolute Gasteiger partial charge is 0.367 e. The standard InChI is InChI=1S/C10H12N2O3/c1-2-7-5-9(15-8-3-4-8)6-10(11-7)12(13)14/h5-6,8H,2-4H2,1H3. The summed E-state index contributed by atoms with van der Waals surface area (Å²) in [4.78, 5) is 14.0. The van der Waals surface area contributed by atoms with Gasteiger partial charge in [0.05, 0.1) is 12.2 Å². The average Bonchev–Trinajstić information content (AvgIpc) is 3.01. The highest BCUT2D eigenvalue weighted by atomic mass is 16.6. The summed E-state index contributed by atoms with van der Waals surface area (Å²) in [5, 5.41) is 10.6. The molecule has 0 unspecified atom stereocenters. The van der Waals surface area contributed by atoms with E-state index >= 15 is 0 Å². The molecule has 0 N–H and O–H groups in total. The average molecular weight is 208 g/mol. The Morgan fingerprint density at radius 3 is 2.87 bits per heavy atom. The van der Waals surface area contributed by atoms with Gasteiger partial charge in [0.2, 0.25) is 0 Å². The zero-order valence-corrected chi connectivity index (χ0v) is 8.47. The van der Waals surface area contributed by atoms with E-state index < -0.39 is 4.92 Å². The minimum atomic E-state index is -0.487. The first-order valence-electron chi connectivity index (χ1n) is 5.01. The summed E-state index contributed by atoms with van der Waals surface area (Å²) < 4.78 is 5.51. The third kappa shape index (κ3) is 2.43. The van der Waals surface area contributed by atoms with E-state index in [-0.39, 0.29) is 11.9 Å². The second kappa shape index (κ2) is 3.84. The van der Waals surface area contributed by atoms with Crippen LogP contribution < -0.4 is 4.74 Å². The quantitative estimate of drug-likeness (QED) is 0.561. The van der Waals surface area contributed by atoms with Crippen LogP contribution in [-0.2, 0) is 6.42 Å². The molecule has 80 valence electrons. The third-order valence-electron chi connectivity index (χ3n) is 2.21. The van der Waals surface area contributed by atoms with Crippen LogP contribution in [0.5, 0.6) is 5.75 Å². The number of pyridine rings is 1. The SMILES string of the molecule is CCc1cc(OC2CC2)cc([N+](=O)[O-])n1. The summed E-state index contributed by atoms with van der Waals surface area (Å²) in [5.41, 5.74) is 0.694. The summed E-state index contributed by atoms with van der Waals surface area (Å²) in [6, 6.07) is 3.16. The van der Waals surface area contributed by atoms with Crippen LogP contribution in [0.15, 0.2) is 12.1 Å². The van der Waals surface area contributed by atoms with Gasteiger partial charge in [0.15, 0.2) is 5.69 Å². The topological polar surface area (TPSA) is 65.3 Å². The molecule has 1 aliphatic rings. The van der Waals surface area contributed by atoms with Crippen molar-refractivity contribution in [3.63, 3.8) is 0 Å². The molecular formula is C10H12N2O3. The van der Waals surface area contributed by atoms with Crippen molar-refractivity contribution in [2.75, 3.05) is 0 Å². The van der Waals surface area contributed by atoms with Crippen LogP contribution in [0.4, 0.5) is 5.82 Å². The van der Waals surface area contributed by atoms with Gasteiger partial charge in [-0.1, -0.05) is 6.92 Å². The van der Waals surface area contributed by atoms with Crippen molar-refractivity contribution in [2.45, 2.75) is 32.3 Å². The van der Waals surface area contributed by atoms with Crippen LogP contribution in [0.1, 0.15) is 25.5 Å². The summed E-state index contributed by atoms with van der Waals surface area (Å²) in [5.74, 6) is 0.432. The van der Waals surface area contributed by atoms with Gasteiger partial charge >= 0.3 is 5.82 Å². The molecule has 5 nitrogen and oxygen atoms in total. The molecule has 0 aliphatic heterocycles. The normalized spacial score (nSPS) is 15.0. The molecule has 0 bridgehead atoms. The van der Waals surface area contributed by atoms with Gasteiger partial charge in [0, 0.05) is 12.5 Å². The lowest BCUT2D eigenvalue weighted by atomic mass is 10.3. The lowest BCUT2D eigenvalue weighted by Gasteiger charge is -2.04. The summed E-state index contributed by atoms with van der Waals surface area (Å²) in [6.07, 6.45) is 2.99. The number of aromatic nitrogens is 1. The molecule has 1 aliphatic carbocycles. The second-order valence-corrected chi connectivity index (χ2v) is 3.58. The molecule has 1 fully saturated rings. The maximum atomic E-state index is 10.6. The number of hydrogen-bond donors (Lipinski definition) is 0. The predicted molar refractivity (Wildman–Crippen MR) is 53.9 cm³/mol. The van der Waals surface area contributed by atoms with E-state index in [2.05, 4.69) is 4.98 Å². The fraction of sp³-hybridized carbons (Fsp3) is 0.500. The van der Waals surface area contributed by atoms with Gasteiger partial charge in [-0.05, 0) is 22.7 Å². The number of hydrogen-bond acceptors (Lipinski definition) is 4. The summed E-state index contributed by atoms with van der Waals surface area (Å²) >= 11 is 0. The minimum absolute atomic E-state index is 0.134. The van der Waals surface area contributed by atoms with Crippen molar-refractivity contribution < 1.29 is 9.66 Å². The molecule has 0 aromatic carbocycles. The fourth-order valence-corrected chi connectivity index (χ4v) is 1.27. The highest BCUT2D eigenvalue weighted by Crippen LogP contribution is 2.28. The molecule has 1 aromatic heterocycles. The molecular weight excluding hydrogens is 196 g/mol. The van der Waals surface area contributed by atoms with Crippen molar-refractivity contribution in [1.82, 2.24) is 4.98 Å². The van der Waals surface area contributed by atoms with Gasteiger partial charge in [-0.15, -0.1) is 0 Å². The number of ether oxygens (including phenoxy) is 1. The minimum Gasteiger partial charge on any atom is -0.490 e. The highest BCUT2D eigenvalue weighted by Gasteiger charge is 2.25. The number of nitro groups is 1. The molecule has 15 heavy (non-hydrogen) atoms. The zero-order chi connectivity index (χ0) is 10.8. The first-order valence-corrected chi connectivity index (χ1v) is 5.01. The van der Waals surface area contributed by atoms with Gasteiger partial charge in [0.1, 0.15) is 5.75 Å². The zero-order valence-electron chi connectivity index (χ0n) is 8.47. The number of nitrogens with zero attached hydrogens (tertiary/aromatic N) is 2. The van der Waals surface area contributed by atoms with Crippen LogP contribution >= 0.6 is 0 Å². The Labute approximate surface area is 87.2 Å². The first-order chi connectivity index (χ1) is 7.19. The van der Waals surface area contributed by atoms with Crippen molar-refractivity contribution in [3.05, 3.63) is 27.9 Å². The second-order valence-electron chi connectivity index (χ2n) is 3.58. The Hall–Kier alpha value is -1.65. The lowest BCUT2D eigenvalue weighted by Crippen LogP contribution is -2.01. The van der Waals surface area contributed by atoms with Gasteiger partial charge in [-0.3, -0.25) is 0 Å². The Bertz CT molecular complexity index is 388. The Kier molecular flexibility index (Phi) is 2.53. The van der Waals surface area contributed by atoms with Gasteiger partial charge in [-0.2, -0.15) is 0 Å². The van der Waals surface area contributed by atoms with Crippen LogP contribution in [0.3, 0.4) is 0 Å². The molecule has 0 spiro atoms. The number of aryl methyl sites for hydroxylation is 1. The van der Waals surface area contributed by atoms with E-state index in [1.54, 1.807) is 6.07 Å². The third-order valence-corrected chi connectivity index (χ3v) is 2.21. The summed E-state index contributed by atoms with van der Waals surface area (Å²) in [7, 11) is 0. The van der Waals surface area contributed by atoms with E-state index in [0.717, 1.165) is 12.8 Å². The van der Waals surface area contributed by atoms with E-state index in [9.17, 15) is 10.1 Å². The van der Waals surface area contributed by atoms with E-state index in [4.69, 9.17) is 4.74 Å². The van der Waals surface area contributed by atoms with Crippen LogP contribution in [0, 0.1) is 10.1 Å². The van der Waals surface area contributed by atoms with Crippen molar-refractivity contribution in [3.8, 4) is 5.75 Å².